The van der Waals surface area contributed by atoms with E-state index in [1.165, 1.54) is 18.2 Å². The van der Waals surface area contributed by atoms with Crippen molar-refractivity contribution >= 4 is 23.5 Å². The fourth-order valence-corrected chi connectivity index (χ4v) is 3.86. The zero-order valence-electron chi connectivity index (χ0n) is 16.5. The van der Waals surface area contributed by atoms with Crippen LogP contribution >= 0.6 is 11.9 Å². The number of benzene rings is 2. The summed E-state index contributed by atoms with van der Waals surface area (Å²) in [6.45, 7) is 2.73. The molecule has 1 aliphatic heterocycles. The lowest BCUT2D eigenvalue weighted by molar-refractivity contribution is 0.172. The molecule has 162 valence electrons. The monoisotopic (exact) mass is 448 g/mol. The Hall–Kier alpha value is -2.78. The first-order valence-corrected chi connectivity index (χ1v) is 10.6. The van der Waals surface area contributed by atoms with Crippen LogP contribution in [0.1, 0.15) is 17.5 Å². The zero-order valence-corrected chi connectivity index (χ0v) is 17.3. The van der Waals surface area contributed by atoms with Crippen molar-refractivity contribution in [3.63, 3.8) is 0 Å². The fourth-order valence-electron chi connectivity index (χ4n) is 3.22. The number of nitrogens with zero attached hydrogens (tertiary/aromatic N) is 2. The topological polar surface area (TPSA) is 40.2 Å². The molecule has 1 fully saturated rings. The minimum absolute atomic E-state index is 0.110. The molecule has 0 unspecified atom stereocenters. The van der Waals surface area contributed by atoms with Crippen molar-refractivity contribution in [3.05, 3.63) is 83.1 Å². The summed E-state index contributed by atoms with van der Waals surface area (Å²) in [7, 11) is 0. The van der Waals surface area contributed by atoms with Gasteiger partial charge in [-0.3, -0.25) is 4.90 Å². The largest absolute Gasteiger partial charge is 0.381 e. The number of hydrogen-bond acceptors (Lipinski definition) is 5. The van der Waals surface area contributed by atoms with Gasteiger partial charge in [0.1, 0.15) is 34.0 Å². The van der Waals surface area contributed by atoms with Crippen molar-refractivity contribution in [3.8, 4) is 0 Å². The van der Waals surface area contributed by atoms with Crippen LogP contribution in [0.4, 0.5) is 29.1 Å². The average molecular weight is 448 g/mol. The summed E-state index contributed by atoms with van der Waals surface area (Å²) in [4.78, 5) is 5.74. The molecule has 0 amide bonds. The highest BCUT2D eigenvalue weighted by atomic mass is 32.2. The lowest BCUT2D eigenvalue weighted by Crippen LogP contribution is -2.36. The Labute approximate surface area is 181 Å². The van der Waals surface area contributed by atoms with Gasteiger partial charge in [-0.1, -0.05) is 12.1 Å². The minimum atomic E-state index is -0.781. The van der Waals surface area contributed by atoms with Crippen LogP contribution in [0, 0.1) is 23.3 Å². The minimum Gasteiger partial charge on any atom is -0.381 e. The summed E-state index contributed by atoms with van der Waals surface area (Å²) in [5.74, 6) is -2.16. The smallest absolute Gasteiger partial charge is 0.143 e. The Kier molecular flexibility index (Phi) is 6.62. The van der Waals surface area contributed by atoms with Crippen LogP contribution in [0.5, 0.6) is 0 Å². The summed E-state index contributed by atoms with van der Waals surface area (Å²) in [5.41, 5.74) is 1.55. The van der Waals surface area contributed by atoms with Crippen molar-refractivity contribution in [2.75, 3.05) is 23.1 Å². The van der Waals surface area contributed by atoms with E-state index >= 15 is 0 Å². The predicted octanol–water partition coefficient (Wildman–Crippen LogP) is 5.58. The van der Waals surface area contributed by atoms with Crippen LogP contribution in [0.25, 0.3) is 0 Å². The van der Waals surface area contributed by atoms with E-state index in [4.69, 9.17) is 0 Å². The summed E-state index contributed by atoms with van der Waals surface area (Å²) < 4.78 is 58.9. The van der Waals surface area contributed by atoms with Crippen LogP contribution in [0.2, 0.25) is 0 Å². The lowest BCUT2D eigenvalue weighted by atomic mass is 10.0. The molecule has 2 aromatic carbocycles. The maximum atomic E-state index is 14.5. The van der Waals surface area contributed by atoms with E-state index in [0.717, 1.165) is 43.4 Å². The number of hydrogen-bond donors (Lipinski definition) is 2. The van der Waals surface area contributed by atoms with Crippen LogP contribution in [0.3, 0.4) is 0 Å². The summed E-state index contributed by atoms with van der Waals surface area (Å²) in [5, 5.41) is 2.92. The predicted molar refractivity (Wildman–Crippen MR) is 114 cm³/mol. The molecule has 2 heterocycles. The number of rotatable bonds is 8. The van der Waals surface area contributed by atoms with Crippen LogP contribution in [-0.4, -0.2) is 23.0 Å². The molecule has 0 bridgehead atoms. The Morgan fingerprint density at radius 2 is 1.74 bits per heavy atom. The van der Waals surface area contributed by atoms with Gasteiger partial charge in [0.05, 0.1) is 6.20 Å². The molecule has 3 aromatic rings. The lowest BCUT2D eigenvalue weighted by Gasteiger charge is -2.31. The summed E-state index contributed by atoms with van der Waals surface area (Å²) in [6, 6.07) is 9.78. The molecule has 0 spiro atoms. The maximum Gasteiger partial charge on any atom is 0.143 e. The van der Waals surface area contributed by atoms with Crippen molar-refractivity contribution in [2.45, 2.75) is 24.4 Å². The SMILES string of the molecule is Fc1ccc(NSc2c(F)cc(NCc3c(F)cccc3CN3CCC3)cc2F)nc1. The van der Waals surface area contributed by atoms with Gasteiger partial charge in [-0.2, -0.15) is 0 Å². The van der Waals surface area contributed by atoms with Gasteiger partial charge in [-0.25, -0.2) is 22.5 Å². The van der Waals surface area contributed by atoms with E-state index < -0.39 is 17.5 Å². The van der Waals surface area contributed by atoms with Crippen LogP contribution in [-0.2, 0) is 13.1 Å². The third-order valence-corrected chi connectivity index (χ3v) is 5.92. The van der Waals surface area contributed by atoms with Gasteiger partial charge in [-0.05, 0) is 67.4 Å². The van der Waals surface area contributed by atoms with E-state index in [2.05, 4.69) is 19.9 Å². The second-order valence-corrected chi connectivity index (χ2v) is 8.01. The molecule has 4 rings (SSSR count). The third kappa shape index (κ3) is 5.29. The maximum absolute atomic E-state index is 14.5. The van der Waals surface area contributed by atoms with Crippen LogP contribution in [0.15, 0.2) is 53.6 Å². The van der Waals surface area contributed by atoms with Crippen molar-refractivity contribution in [1.82, 2.24) is 9.88 Å². The fraction of sp³-hybridized carbons (Fsp3) is 0.227. The number of nitrogens with one attached hydrogen (secondary N) is 2. The first kappa shape index (κ1) is 21.5. The standard InChI is InChI=1S/C22H20F4N4S/c23-15-5-6-21(28-11-15)29-31-22-19(25)9-16(10-20(22)26)27-12-17-14(3-1-4-18(17)24)13-30-7-2-8-30/h1,3-6,9-11,27H,2,7-8,12-13H2,(H,28,29). The Bertz CT molecular complexity index is 1030. The highest BCUT2D eigenvalue weighted by molar-refractivity contribution is 8.00. The van der Waals surface area contributed by atoms with E-state index in [9.17, 15) is 17.6 Å². The highest BCUT2D eigenvalue weighted by Gasteiger charge is 2.18. The number of likely N-dealkylation sites (tertiary alicyclic amines) is 1. The summed E-state index contributed by atoms with van der Waals surface area (Å²) >= 11 is 0.698. The number of aromatic nitrogens is 1. The molecule has 0 radical (unpaired) electrons. The molecular formula is C22H20F4N4S. The van der Waals surface area contributed by atoms with Gasteiger partial charge in [-0.15, -0.1) is 0 Å². The Balaban J connectivity index is 1.43. The quantitative estimate of drug-likeness (QED) is 0.348. The zero-order chi connectivity index (χ0) is 21.8. The van der Waals surface area contributed by atoms with E-state index in [1.54, 1.807) is 6.07 Å². The van der Waals surface area contributed by atoms with Gasteiger partial charge in [0, 0.05) is 24.3 Å². The molecule has 0 aliphatic carbocycles. The molecule has 9 heteroatoms. The van der Waals surface area contributed by atoms with Gasteiger partial charge in [0.15, 0.2) is 0 Å². The van der Waals surface area contributed by atoms with Gasteiger partial charge in [0.2, 0.25) is 0 Å². The Morgan fingerprint density at radius 1 is 0.968 bits per heavy atom. The van der Waals surface area contributed by atoms with Crippen molar-refractivity contribution in [2.24, 2.45) is 0 Å². The molecule has 1 saturated heterocycles. The Morgan fingerprint density at radius 3 is 2.39 bits per heavy atom. The van der Waals surface area contributed by atoms with E-state index in [-0.39, 0.29) is 28.8 Å². The number of pyridine rings is 1. The second-order valence-electron chi connectivity index (χ2n) is 7.20. The van der Waals surface area contributed by atoms with Gasteiger partial charge in [0.25, 0.3) is 0 Å². The molecule has 0 saturated carbocycles. The third-order valence-electron chi connectivity index (χ3n) is 5.01. The van der Waals surface area contributed by atoms with Crippen LogP contribution < -0.4 is 10.0 Å². The molecule has 31 heavy (non-hydrogen) atoms. The first-order chi connectivity index (χ1) is 15.0. The molecule has 2 N–H and O–H groups in total. The molecular weight excluding hydrogens is 428 g/mol. The second kappa shape index (κ2) is 9.57. The number of anilines is 2. The van der Waals surface area contributed by atoms with Gasteiger partial charge < -0.3 is 10.0 Å². The molecule has 0 atom stereocenters. The highest BCUT2D eigenvalue weighted by Crippen LogP contribution is 2.29. The molecule has 1 aliphatic rings. The molecule has 1 aromatic heterocycles. The molecule has 4 nitrogen and oxygen atoms in total. The van der Waals surface area contributed by atoms with E-state index in [1.807, 2.05) is 6.07 Å². The normalized spacial score (nSPS) is 13.7. The summed E-state index contributed by atoms with van der Waals surface area (Å²) in [6.07, 6.45) is 2.14. The van der Waals surface area contributed by atoms with Crippen molar-refractivity contribution < 1.29 is 17.6 Å². The van der Waals surface area contributed by atoms with Gasteiger partial charge >= 0.3 is 0 Å². The van der Waals surface area contributed by atoms with E-state index in [0.29, 0.717) is 24.1 Å². The van der Waals surface area contributed by atoms with Crippen molar-refractivity contribution in [1.29, 1.82) is 0 Å². The first-order valence-electron chi connectivity index (χ1n) is 9.75. The average Bonchev–Trinajstić information content (AvgIpc) is 2.71. The number of halogens is 4.